The van der Waals surface area contributed by atoms with Crippen molar-refractivity contribution in [2.24, 2.45) is 0 Å². The number of aromatic amines is 1. The van der Waals surface area contributed by atoms with Gasteiger partial charge in [-0.2, -0.15) is 0 Å². The maximum Gasteiger partial charge on any atom is 0.178 e. The fourth-order valence-electron chi connectivity index (χ4n) is 4.90. The normalized spacial score (nSPS) is 17.9. The molecule has 3 heterocycles. The molecule has 0 saturated carbocycles. The summed E-state index contributed by atoms with van der Waals surface area (Å²) in [5.41, 5.74) is 4.08. The number of ketones is 2. The predicted octanol–water partition coefficient (Wildman–Crippen LogP) is 4.48. The second-order valence-corrected chi connectivity index (χ2v) is 9.13. The minimum Gasteiger partial charge on any atom is -0.497 e. The summed E-state index contributed by atoms with van der Waals surface area (Å²) >= 11 is 0. The van der Waals surface area contributed by atoms with Gasteiger partial charge in [-0.3, -0.25) is 14.5 Å². The number of hydrogen-bond acceptors (Lipinski definition) is 5. The van der Waals surface area contributed by atoms with E-state index in [1.165, 1.54) is 0 Å². The highest BCUT2D eigenvalue weighted by Crippen LogP contribution is 2.40. The van der Waals surface area contributed by atoms with E-state index in [9.17, 15) is 9.59 Å². The Morgan fingerprint density at radius 1 is 1.16 bits per heavy atom. The number of H-pyrrole nitrogens is 1. The van der Waals surface area contributed by atoms with Crippen LogP contribution in [0.1, 0.15) is 51.1 Å². The molecule has 32 heavy (non-hydrogen) atoms. The number of methoxy groups -OCH3 is 1. The fourth-order valence-corrected chi connectivity index (χ4v) is 4.90. The summed E-state index contributed by atoms with van der Waals surface area (Å²) in [6.07, 6.45) is 3.67. The van der Waals surface area contributed by atoms with Gasteiger partial charge in [-0.25, -0.2) is 0 Å². The van der Waals surface area contributed by atoms with Gasteiger partial charge in [0.1, 0.15) is 17.1 Å². The van der Waals surface area contributed by atoms with Crippen molar-refractivity contribution in [2.45, 2.75) is 38.7 Å². The van der Waals surface area contributed by atoms with Crippen LogP contribution in [0.5, 0.6) is 11.5 Å². The summed E-state index contributed by atoms with van der Waals surface area (Å²) in [5, 5.41) is 0.910. The van der Waals surface area contributed by atoms with Gasteiger partial charge >= 0.3 is 0 Å². The highest BCUT2D eigenvalue weighted by Gasteiger charge is 2.43. The first-order valence-electron chi connectivity index (χ1n) is 11.1. The fraction of sp³-hybridized carbons (Fsp3) is 0.385. The second-order valence-electron chi connectivity index (χ2n) is 9.13. The Hall–Kier alpha value is -3.12. The largest absolute Gasteiger partial charge is 0.497 e. The maximum atomic E-state index is 13.0. The molecule has 0 atom stereocenters. The molecule has 6 nitrogen and oxygen atoms in total. The van der Waals surface area contributed by atoms with Gasteiger partial charge in [0.25, 0.3) is 0 Å². The summed E-state index contributed by atoms with van der Waals surface area (Å²) in [4.78, 5) is 31.2. The molecule has 6 heteroatoms. The van der Waals surface area contributed by atoms with E-state index in [1.54, 1.807) is 13.3 Å². The number of nitrogens with zero attached hydrogens (tertiary/aromatic N) is 1. The third-order valence-electron chi connectivity index (χ3n) is 7.03. The Morgan fingerprint density at radius 3 is 2.66 bits per heavy atom. The Bertz CT molecular complexity index is 1220. The quantitative estimate of drug-likeness (QED) is 0.616. The van der Waals surface area contributed by atoms with Crippen LogP contribution in [0, 0.1) is 13.8 Å². The first-order chi connectivity index (χ1) is 15.4. The molecule has 1 saturated heterocycles. The van der Waals surface area contributed by atoms with Crippen molar-refractivity contribution in [3.63, 3.8) is 0 Å². The summed E-state index contributed by atoms with van der Waals surface area (Å²) < 4.78 is 11.7. The highest BCUT2D eigenvalue weighted by molar-refractivity contribution is 6.09. The van der Waals surface area contributed by atoms with E-state index < -0.39 is 5.60 Å². The van der Waals surface area contributed by atoms with Crippen LogP contribution >= 0.6 is 0 Å². The minimum absolute atomic E-state index is 0.0921. The number of aryl methyl sites for hydroxylation is 2. The molecule has 0 aliphatic carbocycles. The molecule has 2 aliphatic rings. The van der Waals surface area contributed by atoms with E-state index in [0.29, 0.717) is 29.8 Å². The minimum atomic E-state index is -0.456. The first-order valence-corrected chi connectivity index (χ1v) is 11.1. The molecule has 0 amide bonds. The SMILES string of the molecule is COc1ccc2c(C(=O)CN3CCC4(CC3)CC(=O)c3cc(C)c(C)cc3O4)c[nH]c2c1. The van der Waals surface area contributed by atoms with Crippen LogP contribution in [0.25, 0.3) is 10.9 Å². The molecule has 5 rings (SSSR count). The summed E-state index contributed by atoms with van der Waals surface area (Å²) in [5.74, 6) is 1.72. The molecule has 3 aromatic rings. The molecular weight excluding hydrogens is 404 g/mol. The van der Waals surface area contributed by atoms with Gasteiger partial charge in [-0.05, 0) is 49.2 Å². The Labute approximate surface area is 187 Å². The Morgan fingerprint density at radius 2 is 1.91 bits per heavy atom. The van der Waals surface area contributed by atoms with E-state index in [4.69, 9.17) is 9.47 Å². The number of benzene rings is 2. The number of rotatable bonds is 4. The molecule has 2 aromatic carbocycles. The monoisotopic (exact) mass is 432 g/mol. The van der Waals surface area contributed by atoms with Gasteiger partial charge in [-0.15, -0.1) is 0 Å². The number of aromatic nitrogens is 1. The average Bonchev–Trinajstić information content (AvgIpc) is 3.20. The molecule has 1 aromatic heterocycles. The number of carbonyl (C=O) groups excluding carboxylic acids is 2. The molecule has 1 N–H and O–H groups in total. The van der Waals surface area contributed by atoms with E-state index in [2.05, 4.69) is 9.88 Å². The van der Waals surface area contributed by atoms with E-state index in [0.717, 1.165) is 53.7 Å². The van der Waals surface area contributed by atoms with Crippen molar-refractivity contribution in [2.75, 3.05) is 26.7 Å². The number of likely N-dealkylation sites (tertiary alicyclic amines) is 1. The van der Waals surface area contributed by atoms with Crippen LogP contribution in [0.4, 0.5) is 0 Å². The van der Waals surface area contributed by atoms with Crippen LogP contribution < -0.4 is 9.47 Å². The lowest BCUT2D eigenvalue weighted by atomic mass is 9.82. The van der Waals surface area contributed by atoms with Crippen molar-refractivity contribution in [3.8, 4) is 11.5 Å². The molecule has 2 aliphatic heterocycles. The van der Waals surface area contributed by atoms with E-state index >= 15 is 0 Å². The van der Waals surface area contributed by atoms with Crippen molar-refractivity contribution in [3.05, 3.63) is 58.8 Å². The lowest BCUT2D eigenvalue weighted by Crippen LogP contribution is -2.51. The number of Topliss-reactive ketones (excluding diaryl/α,β-unsaturated/α-hetero) is 2. The number of fused-ring (bicyclic) bond motifs is 2. The molecule has 0 radical (unpaired) electrons. The lowest BCUT2D eigenvalue weighted by molar-refractivity contribution is -0.00806. The number of ether oxygens (including phenoxy) is 2. The highest BCUT2D eigenvalue weighted by atomic mass is 16.5. The van der Waals surface area contributed by atoms with Crippen molar-refractivity contribution in [1.82, 2.24) is 9.88 Å². The average molecular weight is 433 g/mol. The van der Waals surface area contributed by atoms with Gasteiger partial charge in [0, 0.05) is 54.7 Å². The standard InChI is InChI=1S/C26H28N2O4/c1-16-10-20-23(29)13-26(32-25(20)11-17(16)2)6-8-28(9-7-26)15-24(30)21-14-27-22-12-18(31-3)4-5-19(21)22/h4-5,10-12,14,27H,6-9,13,15H2,1-3H3. The summed E-state index contributed by atoms with van der Waals surface area (Å²) in [7, 11) is 1.63. The van der Waals surface area contributed by atoms with Gasteiger partial charge in [0.2, 0.25) is 0 Å². The number of nitrogens with one attached hydrogen (secondary N) is 1. The van der Waals surface area contributed by atoms with Crippen LogP contribution in [-0.4, -0.2) is 53.8 Å². The Kier molecular flexibility index (Phi) is 5.05. The maximum absolute atomic E-state index is 13.0. The third-order valence-corrected chi connectivity index (χ3v) is 7.03. The number of piperidine rings is 1. The van der Waals surface area contributed by atoms with Crippen molar-refractivity contribution >= 4 is 22.5 Å². The predicted molar refractivity (Wildman–Crippen MR) is 123 cm³/mol. The van der Waals surface area contributed by atoms with Crippen molar-refractivity contribution in [1.29, 1.82) is 0 Å². The molecule has 166 valence electrons. The van der Waals surface area contributed by atoms with Crippen LogP contribution in [0.3, 0.4) is 0 Å². The zero-order valence-electron chi connectivity index (χ0n) is 18.8. The first kappa shape index (κ1) is 20.8. The topological polar surface area (TPSA) is 71.6 Å². The van der Waals surface area contributed by atoms with Crippen LogP contribution in [0.2, 0.25) is 0 Å². The van der Waals surface area contributed by atoms with Gasteiger partial charge in [-0.1, -0.05) is 0 Å². The molecular formula is C26H28N2O4. The number of hydrogen-bond donors (Lipinski definition) is 1. The van der Waals surface area contributed by atoms with Crippen LogP contribution in [0.15, 0.2) is 36.5 Å². The molecule has 1 spiro atoms. The van der Waals surface area contributed by atoms with Gasteiger partial charge in [0.05, 0.1) is 25.6 Å². The zero-order valence-corrected chi connectivity index (χ0v) is 18.8. The molecule has 0 unspecified atom stereocenters. The summed E-state index contributed by atoms with van der Waals surface area (Å²) in [6, 6.07) is 9.63. The Balaban J connectivity index is 1.27. The van der Waals surface area contributed by atoms with E-state index in [-0.39, 0.29) is 11.6 Å². The smallest absolute Gasteiger partial charge is 0.178 e. The molecule has 1 fully saturated rings. The molecule has 0 bridgehead atoms. The van der Waals surface area contributed by atoms with Gasteiger partial charge in [0.15, 0.2) is 11.6 Å². The third kappa shape index (κ3) is 3.58. The second kappa shape index (κ2) is 7.78. The van der Waals surface area contributed by atoms with Gasteiger partial charge < -0.3 is 14.5 Å². The van der Waals surface area contributed by atoms with E-state index in [1.807, 2.05) is 44.2 Å². The lowest BCUT2D eigenvalue weighted by Gasteiger charge is -2.44. The summed E-state index contributed by atoms with van der Waals surface area (Å²) in [6.45, 7) is 5.88. The zero-order chi connectivity index (χ0) is 22.5. The van der Waals surface area contributed by atoms with Crippen molar-refractivity contribution < 1.29 is 19.1 Å². The van der Waals surface area contributed by atoms with Crippen LogP contribution in [-0.2, 0) is 0 Å². The number of carbonyl (C=O) groups is 2.